The zero-order valence-corrected chi connectivity index (χ0v) is 18.4. The van der Waals surface area contributed by atoms with Crippen molar-refractivity contribution in [3.63, 3.8) is 0 Å². The predicted molar refractivity (Wildman–Crippen MR) is 116 cm³/mol. The SMILES string of the molecule is CNC(=O)[C@H]1O[C@@H](n2cnc3c(N)nc(C#CCN(C)C(=O)c4cncs4)nc32)[C@H](O)C1O. The molecule has 2 amide bonds. The Balaban J connectivity index is 1.58. The minimum Gasteiger partial charge on any atom is -0.387 e. The van der Waals surface area contributed by atoms with Crippen LogP contribution in [-0.2, 0) is 9.53 Å². The van der Waals surface area contributed by atoms with Crippen LogP contribution in [-0.4, -0.2) is 90.4 Å². The van der Waals surface area contributed by atoms with Gasteiger partial charge in [-0.05, 0) is 5.92 Å². The van der Waals surface area contributed by atoms with Crippen LogP contribution in [0, 0.1) is 11.8 Å². The van der Waals surface area contributed by atoms with E-state index in [-0.39, 0.29) is 35.3 Å². The lowest BCUT2D eigenvalue weighted by molar-refractivity contribution is -0.137. The summed E-state index contributed by atoms with van der Waals surface area (Å²) in [6.07, 6.45) is -2.45. The number of aliphatic hydroxyl groups is 2. The molecule has 5 N–H and O–H groups in total. The summed E-state index contributed by atoms with van der Waals surface area (Å²) in [6.45, 7) is 0.113. The van der Waals surface area contributed by atoms with E-state index in [4.69, 9.17) is 10.5 Å². The van der Waals surface area contributed by atoms with E-state index in [0.29, 0.717) is 4.88 Å². The molecule has 0 bridgehead atoms. The predicted octanol–water partition coefficient (Wildman–Crippen LogP) is -1.65. The molecule has 13 nitrogen and oxygen atoms in total. The molecule has 3 aromatic rings. The smallest absolute Gasteiger partial charge is 0.266 e. The molecule has 4 atom stereocenters. The van der Waals surface area contributed by atoms with Crippen molar-refractivity contribution < 1.29 is 24.5 Å². The van der Waals surface area contributed by atoms with E-state index in [0.717, 1.165) is 0 Å². The van der Waals surface area contributed by atoms with Crippen LogP contribution in [0.3, 0.4) is 0 Å². The second-order valence-corrected chi connectivity index (χ2v) is 8.01. The fourth-order valence-electron chi connectivity index (χ4n) is 3.25. The Morgan fingerprint density at radius 3 is 2.85 bits per heavy atom. The van der Waals surface area contributed by atoms with Gasteiger partial charge >= 0.3 is 0 Å². The summed E-state index contributed by atoms with van der Waals surface area (Å²) in [7, 11) is 3.00. The second-order valence-electron chi connectivity index (χ2n) is 7.13. The van der Waals surface area contributed by atoms with E-state index in [1.54, 1.807) is 12.6 Å². The second kappa shape index (κ2) is 9.08. The van der Waals surface area contributed by atoms with Crippen molar-refractivity contribution in [2.24, 2.45) is 0 Å². The molecule has 33 heavy (non-hydrogen) atoms. The molecule has 4 rings (SSSR count). The fraction of sp³-hybridized carbons (Fsp3) is 0.368. The van der Waals surface area contributed by atoms with Gasteiger partial charge in [0.05, 0.1) is 24.6 Å². The number of hydrogen-bond donors (Lipinski definition) is 4. The average Bonchev–Trinajstić information content (AvgIpc) is 3.54. The molecule has 14 heteroatoms. The quantitative estimate of drug-likeness (QED) is 0.321. The van der Waals surface area contributed by atoms with Gasteiger partial charge in [0.1, 0.15) is 22.6 Å². The maximum Gasteiger partial charge on any atom is 0.266 e. The van der Waals surface area contributed by atoms with Crippen LogP contribution in [0.4, 0.5) is 5.82 Å². The lowest BCUT2D eigenvalue weighted by Gasteiger charge is -2.16. The van der Waals surface area contributed by atoms with E-state index in [2.05, 4.69) is 37.1 Å². The number of imidazole rings is 1. The number of aliphatic hydroxyl groups excluding tert-OH is 2. The van der Waals surface area contributed by atoms with E-state index < -0.39 is 30.4 Å². The van der Waals surface area contributed by atoms with Gasteiger partial charge in [-0.1, -0.05) is 5.92 Å². The minimum absolute atomic E-state index is 0.0491. The highest BCUT2D eigenvalue weighted by molar-refractivity contribution is 7.11. The largest absolute Gasteiger partial charge is 0.387 e. The minimum atomic E-state index is -1.45. The number of nitrogen functional groups attached to an aromatic ring is 1. The van der Waals surface area contributed by atoms with Gasteiger partial charge in [-0.15, -0.1) is 11.3 Å². The maximum atomic E-state index is 12.3. The summed E-state index contributed by atoms with van der Waals surface area (Å²) in [4.78, 5) is 42.6. The van der Waals surface area contributed by atoms with Crippen LogP contribution >= 0.6 is 11.3 Å². The van der Waals surface area contributed by atoms with Gasteiger partial charge in [-0.2, -0.15) is 0 Å². The molecule has 0 aromatic carbocycles. The van der Waals surface area contributed by atoms with Crippen molar-refractivity contribution in [1.29, 1.82) is 0 Å². The van der Waals surface area contributed by atoms with E-state index in [9.17, 15) is 19.8 Å². The molecule has 172 valence electrons. The molecule has 1 saturated heterocycles. The number of thiazole rings is 1. The number of rotatable bonds is 4. The number of fused-ring (bicyclic) bond motifs is 1. The number of hydrogen-bond acceptors (Lipinski definition) is 11. The fourth-order valence-corrected chi connectivity index (χ4v) is 3.86. The van der Waals surface area contributed by atoms with Crippen molar-refractivity contribution in [2.75, 3.05) is 26.4 Å². The Kier molecular flexibility index (Phi) is 6.20. The molecule has 1 aliphatic heterocycles. The van der Waals surface area contributed by atoms with Crippen LogP contribution in [0.15, 0.2) is 18.0 Å². The number of carbonyl (C=O) groups is 2. The summed E-state index contributed by atoms with van der Waals surface area (Å²) in [5, 5.41) is 23.0. The summed E-state index contributed by atoms with van der Waals surface area (Å²) in [5.41, 5.74) is 8.01. The molecule has 0 saturated carbocycles. The molecule has 1 fully saturated rings. The van der Waals surface area contributed by atoms with Crippen LogP contribution in [0.5, 0.6) is 0 Å². The molecular formula is C19H20N8O5S. The van der Waals surface area contributed by atoms with Gasteiger partial charge in [0.25, 0.3) is 11.8 Å². The standard InChI is InChI=1S/C19H20N8O5S/c1-21-17(30)14-12(28)13(29)19(32-14)27-7-23-11-15(20)24-10(25-16(11)27)4-3-5-26(2)18(31)9-6-22-8-33-9/h6-8,12-14,19,28-29H,5H2,1-2H3,(H,21,30)(H2,20,24,25)/t12?,13-,14+,19-/m1/s1. The van der Waals surface area contributed by atoms with E-state index in [1.165, 1.54) is 40.4 Å². The zero-order valence-electron chi connectivity index (χ0n) is 17.5. The first-order valence-electron chi connectivity index (χ1n) is 9.68. The van der Waals surface area contributed by atoms with Crippen LogP contribution in [0.2, 0.25) is 0 Å². The first-order chi connectivity index (χ1) is 15.8. The normalized spacial score (nSPS) is 22.1. The molecule has 0 aliphatic carbocycles. The topological polar surface area (TPSA) is 182 Å². The lowest BCUT2D eigenvalue weighted by atomic mass is 10.1. The number of nitrogens with zero attached hydrogens (tertiary/aromatic N) is 6. The number of amides is 2. The van der Waals surface area contributed by atoms with Crippen LogP contribution in [0.25, 0.3) is 11.2 Å². The number of carbonyl (C=O) groups excluding carboxylic acids is 2. The van der Waals surface area contributed by atoms with Gasteiger partial charge in [-0.25, -0.2) is 15.0 Å². The van der Waals surface area contributed by atoms with Crippen molar-refractivity contribution >= 4 is 40.1 Å². The van der Waals surface area contributed by atoms with Crippen LogP contribution in [0.1, 0.15) is 21.7 Å². The third-order valence-electron chi connectivity index (χ3n) is 4.97. The summed E-state index contributed by atoms with van der Waals surface area (Å²) in [5.74, 6) is 4.90. The van der Waals surface area contributed by atoms with Crippen molar-refractivity contribution in [2.45, 2.75) is 24.5 Å². The number of anilines is 1. The molecule has 1 aliphatic rings. The Hall–Kier alpha value is -3.64. The van der Waals surface area contributed by atoms with E-state index in [1.807, 2.05) is 0 Å². The number of likely N-dealkylation sites (N-methyl/N-ethyl adjacent to an activating group) is 1. The highest BCUT2D eigenvalue weighted by Gasteiger charge is 2.47. The van der Waals surface area contributed by atoms with E-state index >= 15 is 0 Å². The number of nitrogens with two attached hydrogens (primary N) is 1. The molecule has 0 spiro atoms. The Bertz CT molecular complexity index is 1250. The molecule has 1 unspecified atom stereocenters. The Morgan fingerprint density at radius 2 is 2.15 bits per heavy atom. The lowest BCUT2D eigenvalue weighted by Crippen LogP contribution is -2.41. The van der Waals surface area contributed by atoms with Gasteiger partial charge in [0, 0.05) is 14.1 Å². The number of aromatic nitrogens is 5. The first-order valence-corrected chi connectivity index (χ1v) is 10.6. The van der Waals surface area contributed by atoms with Gasteiger partial charge in [-0.3, -0.25) is 19.1 Å². The number of nitrogens with one attached hydrogen (secondary N) is 1. The Morgan fingerprint density at radius 1 is 1.36 bits per heavy atom. The third kappa shape index (κ3) is 4.22. The van der Waals surface area contributed by atoms with Gasteiger partial charge in [0.2, 0.25) is 5.82 Å². The summed E-state index contributed by atoms with van der Waals surface area (Å²) < 4.78 is 6.93. The maximum absolute atomic E-state index is 12.3. The van der Waals surface area contributed by atoms with Crippen molar-refractivity contribution in [1.82, 2.24) is 34.7 Å². The van der Waals surface area contributed by atoms with Crippen molar-refractivity contribution in [3.05, 3.63) is 28.7 Å². The molecule has 0 radical (unpaired) electrons. The number of ether oxygens (including phenoxy) is 1. The molecule has 4 heterocycles. The summed E-state index contributed by atoms with van der Waals surface area (Å²) >= 11 is 1.23. The third-order valence-corrected chi connectivity index (χ3v) is 5.73. The molecule has 3 aromatic heterocycles. The van der Waals surface area contributed by atoms with Crippen LogP contribution < -0.4 is 11.1 Å². The Labute approximate surface area is 191 Å². The summed E-state index contributed by atoms with van der Waals surface area (Å²) in [6, 6.07) is 0. The monoisotopic (exact) mass is 472 g/mol. The first kappa shape index (κ1) is 22.6. The molecular weight excluding hydrogens is 452 g/mol. The zero-order chi connectivity index (χ0) is 23.7. The average molecular weight is 472 g/mol. The highest BCUT2D eigenvalue weighted by atomic mass is 32.1. The highest BCUT2D eigenvalue weighted by Crippen LogP contribution is 2.32. The van der Waals surface area contributed by atoms with Gasteiger partial charge in [0.15, 0.2) is 23.8 Å². The van der Waals surface area contributed by atoms with Gasteiger partial charge < -0.3 is 30.9 Å². The van der Waals surface area contributed by atoms with Crippen molar-refractivity contribution in [3.8, 4) is 11.8 Å².